The van der Waals surface area contributed by atoms with Gasteiger partial charge < -0.3 is 14.8 Å². The molecule has 0 aliphatic rings. The van der Waals surface area contributed by atoms with Crippen molar-refractivity contribution in [1.29, 1.82) is 0 Å². The second-order valence-electron chi connectivity index (χ2n) is 7.15. The third-order valence-corrected chi connectivity index (χ3v) is 6.51. The van der Waals surface area contributed by atoms with E-state index in [0.717, 1.165) is 24.3 Å². The second-order valence-corrected chi connectivity index (χ2v) is 9.75. The number of amides is 1. The summed E-state index contributed by atoms with van der Waals surface area (Å²) in [7, 11) is -1.66. The zero-order valence-corrected chi connectivity index (χ0v) is 21.0. The van der Waals surface area contributed by atoms with E-state index in [1.54, 1.807) is 0 Å². The topological polar surface area (TPSA) is 114 Å². The maximum atomic E-state index is 13.1. The van der Waals surface area contributed by atoms with Crippen molar-refractivity contribution in [1.82, 2.24) is 0 Å². The van der Waals surface area contributed by atoms with Crippen molar-refractivity contribution in [3.63, 3.8) is 0 Å². The summed E-state index contributed by atoms with van der Waals surface area (Å²) in [5.74, 6) is -0.951. The smallest absolute Gasteiger partial charge is 0.497 e. The van der Waals surface area contributed by atoms with Gasteiger partial charge in [0.1, 0.15) is 17.2 Å². The molecule has 0 spiro atoms. The molecular formula is C22H18BrF3N3O6S+. The van der Waals surface area contributed by atoms with E-state index in [1.807, 2.05) is 0 Å². The van der Waals surface area contributed by atoms with Crippen LogP contribution < -0.4 is 19.5 Å². The van der Waals surface area contributed by atoms with Gasteiger partial charge in [0.25, 0.3) is 21.6 Å². The van der Waals surface area contributed by atoms with E-state index in [-0.39, 0.29) is 27.5 Å². The van der Waals surface area contributed by atoms with Gasteiger partial charge in [-0.3, -0.25) is 9.52 Å². The molecule has 0 atom stereocenters. The molecule has 0 aliphatic heterocycles. The van der Waals surface area contributed by atoms with Crippen LogP contribution in [0.3, 0.4) is 0 Å². The van der Waals surface area contributed by atoms with Crippen LogP contribution in [0.5, 0.6) is 11.5 Å². The summed E-state index contributed by atoms with van der Waals surface area (Å²) in [4.78, 5) is 24.7. The molecule has 9 nitrogen and oxygen atoms in total. The summed E-state index contributed by atoms with van der Waals surface area (Å²) in [6.07, 6.45) is -4.93. The molecule has 1 amide bonds. The Balaban J connectivity index is 1.90. The zero-order chi connectivity index (χ0) is 26.7. The number of rotatable bonds is 8. The average Bonchev–Trinajstić information content (AvgIpc) is 2.79. The predicted octanol–water partition coefficient (Wildman–Crippen LogP) is 5.45. The van der Waals surface area contributed by atoms with Gasteiger partial charge in [0.15, 0.2) is 7.05 Å². The van der Waals surface area contributed by atoms with Crippen LogP contribution >= 0.6 is 15.9 Å². The van der Waals surface area contributed by atoms with Crippen LogP contribution in [-0.2, 0) is 10.0 Å². The number of nitroso groups, excluding NO2 is 1. The van der Waals surface area contributed by atoms with E-state index in [2.05, 4.69) is 30.7 Å². The Hall–Kier alpha value is -3.65. The standard InChI is InChI=1S/C22H17BrF3N3O6S/c1-29(31)20-12-15(34-2)6-10-19(20)27-21(30)17-11-13(23)3-9-18(17)28-36(32,33)16-7-4-14(5-8-16)35-22(24,25)26/h3-12H,1-2H3,(H-,27,28,30,31)/p+1. The maximum Gasteiger partial charge on any atom is 0.573 e. The van der Waals surface area contributed by atoms with Crippen molar-refractivity contribution >= 4 is 48.9 Å². The van der Waals surface area contributed by atoms with Crippen molar-refractivity contribution < 1.29 is 40.6 Å². The number of anilines is 2. The summed E-state index contributed by atoms with van der Waals surface area (Å²) < 4.78 is 74.8. The number of halogens is 4. The van der Waals surface area contributed by atoms with E-state index in [4.69, 9.17) is 4.74 Å². The number of sulfonamides is 1. The Morgan fingerprint density at radius 2 is 1.58 bits per heavy atom. The molecule has 2 N–H and O–H groups in total. The molecule has 0 saturated heterocycles. The van der Waals surface area contributed by atoms with E-state index in [0.29, 0.717) is 15.0 Å². The third-order valence-electron chi connectivity index (χ3n) is 4.63. The molecule has 0 unspecified atom stereocenters. The first-order valence-corrected chi connectivity index (χ1v) is 12.1. The first-order chi connectivity index (χ1) is 16.8. The van der Waals surface area contributed by atoms with E-state index in [9.17, 15) is 31.3 Å². The molecule has 3 aromatic rings. The Morgan fingerprint density at radius 3 is 2.17 bits per heavy atom. The van der Waals surface area contributed by atoms with Crippen LogP contribution in [0, 0.1) is 4.91 Å². The molecule has 0 aliphatic carbocycles. The lowest BCUT2D eigenvalue weighted by atomic mass is 10.1. The fourth-order valence-electron chi connectivity index (χ4n) is 3.01. The van der Waals surface area contributed by atoms with E-state index < -0.39 is 28.0 Å². The number of methoxy groups -OCH3 is 1. The second kappa shape index (κ2) is 10.5. The molecule has 0 saturated carbocycles. The van der Waals surface area contributed by atoms with Gasteiger partial charge in [-0.25, -0.2) is 8.42 Å². The summed E-state index contributed by atoms with van der Waals surface area (Å²) in [5, 5.41) is 2.57. The summed E-state index contributed by atoms with van der Waals surface area (Å²) in [6.45, 7) is 0. The summed E-state index contributed by atoms with van der Waals surface area (Å²) in [5.41, 5.74) is 0.0329. The highest BCUT2D eigenvalue weighted by atomic mass is 79.9. The first kappa shape index (κ1) is 26.9. The van der Waals surface area contributed by atoms with Gasteiger partial charge in [0.05, 0.1) is 29.3 Å². The Bertz CT molecular complexity index is 1410. The maximum absolute atomic E-state index is 13.1. The van der Waals surface area contributed by atoms with Crippen LogP contribution in [0.2, 0.25) is 0 Å². The number of carbonyl (C=O) groups excluding carboxylic acids is 1. The van der Waals surface area contributed by atoms with Gasteiger partial charge in [0.2, 0.25) is 0 Å². The summed E-state index contributed by atoms with van der Waals surface area (Å²) >= 11 is 3.23. The van der Waals surface area contributed by atoms with Crippen LogP contribution in [0.4, 0.5) is 30.2 Å². The lowest BCUT2D eigenvalue weighted by Gasteiger charge is -2.14. The molecule has 190 valence electrons. The van der Waals surface area contributed by atoms with Crippen molar-refractivity contribution in [2.45, 2.75) is 11.3 Å². The molecule has 3 aromatic carbocycles. The highest BCUT2D eigenvalue weighted by Crippen LogP contribution is 2.31. The fraction of sp³-hybridized carbons (Fsp3) is 0.136. The fourth-order valence-corrected chi connectivity index (χ4v) is 4.45. The largest absolute Gasteiger partial charge is 0.573 e. The lowest BCUT2D eigenvalue weighted by Crippen LogP contribution is -2.19. The number of benzene rings is 3. The van der Waals surface area contributed by atoms with Crippen LogP contribution in [-0.4, -0.2) is 39.6 Å². The molecule has 0 radical (unpaired) electrons. The van der Waals surface area contributed by atoms with Crippen molar-refractivity contribution in [3.05, 3.63) is 75.6 Å². The van der Waals surface area contributed by atoms with E-state index in [1.165, 1.54) is 50.6 Å². The molecule has 14 heteroatoms. The number of hydrogen-bond donors (Lipinski definition) is 2. The van der Waals surface area contributed by atoms with Gasteiger partial charge >= 0.3 is 6.36 Å². The van der Waals surface area contributed by atoms with Crippen LogP contribution in [0.25, 0.3) is 0 Å². The number of ether oxygens (including phenoxy) is 2. The number of nitrogens with zero attached hydrogens (tertiary/aromatic N) is 1. The molecule has 0 fully saturated rings. The highest BCUT2D eigenvalue weighted by molar-refractivity contribution is 9.10. The first-order valence-electron chi connectivity index (χ1n) is 9.87. The molecular weight excluding hydrogens is 571 g/mol. The minimum Gasteiger partial charge on any atom is -0.497 e. The SMILES string of the molecule is COc1ccc(NC(=O)c2cc(Br)ccc2NS(=O)(=O)c2ccc(OC(F)(F)F)cc2)c([N+](C)=O)c1. The summed E-state index contributed by atoms with van der Waals surface area (Å²) in [6, 6.07) is 12.1. The van der Waals surface area contributed by atoms with Gasteiger partial charge in [-0.15, -0.1) is 13.2 Å². The number of alkyl halides is 3. The minimum atomic E-state index is -4.93. The van der Waals surface area contributed by atoms with Crippen LogP contribution in [0.1, 0.15) is 10.4 Å². The Morgan fingerprint density at radius 1 is 0.972 bits per heavy atom. The van der Waals surface area contributed by atoms with Crippen LogP contribution in [0.15, 0.2) is 70.0 Å². The molecule has 0 heterocycles. The average molecular weight is 589 g/mol. The third kappa shape index (κ3) is 6.73. The lowest BCUT2D eigenvalue weighted by molar-refractivity contribution is -0.427. The Labute approximate surface area is 212 Å². The van der Waals surface area contributed by atoms with Crippen molar-refractivity contribution in [2.24, 2.45) is 0 Å². The zero-order valence-electron chi connectivity index (χ0n) is 18.6. The van der Waals surface area contributed by atoms with Crippen molar-refractivity contribution in [3.8, 4) is 11.5 Å². The molecule has 36 heavy (non-hydrogen) atoms. The van der Waals surface area contributed by atoms with Gasteiger partial charge in [-0.05, 0) is 54.6 Å². The minimum absolute atomic E-state index is 0.0969. The monoisotopic (exact) mass is 588 g/mol. The van der Waals surface area contributed by atoms with Crippen molar-refractivity contribution in [2.75, 3.05) is 24.2 Å². The predicted molar refractivity (Wildman–Crippen MR) is 128 cm³/mol. The molecule has 3 rings (SSSR count). The van der Waals surface area contributed by atoms with E-state index >= 15 is 0 Å². The van der Waals surface area contributed by atoms with Gasteiger partial charge in [-0.2, -0.15) is 0 Å². The molecule has 0 bridgehead atoms. The normalized spacial score (nSPS) is 11.5. The van der Waals surface area contributed by atoms with Gasteiger partial charge in [-0.1, -0.05) is 15.9 Å². The number of hydrogen-bond acceptors (Lipinski definition) is 6. The Kier molecular flexibility index (Phi) is 7.89. The quantitative estimate of drug-likeness (QED) is 0.338. The van der Waals surface area contributed by atoms with Gasteiger partial charge in [0, 0.05) is 14.1 Å². The number of nitrogens with one attached hydrogen (secondary N) is 2. The number of carbonyl (C=O) groups is 1. The highest BCUT2D eigenvalue weighted by Gasteiger charge is 2.31. The molecule has 0 aromatic heterocycles.